The van der Waals surface area contributed by atoms with E-state index in [0.717, 1.165) is 30.3 Å². The summed E-state index contributed by atoms with van der Waals surface area (Å²) in [6, 6.07) is 15.8. The largest absolute Gasteiger partial charge is 0.497 e. The van der Waals surface area contributed by atoms with E-state index in [1.165, 1.54) is 6.07 Å². The van der Waals surface area contributed by atoms with Gasteiger partial charge >= 0.3 is 0 Å². The minimum Gasteiger partial charge on any atom is -0.497 e. The maximum absolute atomic E-state index is 14.0. The molecule has 0 radical (unpaired) electrons. The monoisotopic (exact) mass is 608 g/mol. The van der Waals surface area contributed by atoms with Crippen LogP contribution < -0.4 is 15.0 Å². The Kier molecular flexibility index (Phi) is 7.81. The van der Waals surface area contributed by atoms with Gasteiger partial charge in [-0.1, -0.05) is 35.9 Å². The molecule has 1 saturated carbocycles. The van der Waals surface area contributed by atoms with Crippen LogP contribution in [0.2, 0.25) is 5.02 Å². The van der Waals surface area contributed by atoms with Crippen molar-refractivity contribution in [2.24, 2.45) is 5.92 Å². The molecule has 3 heterocycles. The van der Waals surface area contributed by atoms with Gasteiger partial charge in [-0.25, -0.2) is 8.78 Å². The van der Waals surface area contributed by atoms with Crippen molar-refractivity contribution in [3.05, 3.63) is 88.2 Å². The topological polar surface area (TPSA) is 91.8 Å². The highest BCUT2D eigenvalue weighted by Crippen LogP contribution is 2.48. The van der Waals surface area contributed by atoms with Crippen molar-refractivity contribution in [2.75, 3.05) is 31.6 Å². The number of nitrogens with zero attached hydrogens (tertiary/aromatic N) is 3. The minimum absolute atomic E-state index is 0.00630. The maximum Gasteiger partial charge on any atom is 0.281 e. The average Bonchev–Trinajstić information content (AvgIpc) is 3.24. The maximum atomic E-state index is 14.0. The van der Waals surface area contributed by atoms with Crippen molar-refractivity contribution in [2.45, 2.75) is 43.6 Å². The first-order chi connectivity index (χ1) is 20.7. The molecule has 3 aliphatic rings. The third-order valence-electron chi connectivity index (χ3n) is 8.85. The van der Waals surface area contributed by atoms with Gasteiger partial charge in [0.2, 0.25) is 5.91 Å². The Labute approximate surface area is 253 Å². The van der Waals surface area contributed by atoms with Crippen molar-refractivity contribution in [1.82, 2.24) is 15.2 Å². The molecule has 0 bridgehead atoms. The Morgan fingerprint density at radius 1 is 1.09 bits per heavy atom. The molecule has 1 saturated heterocycles. The fraction of sp³-hybridized carbons (Fsp3) is 0.375. The number of carbonyl (C=O) groups excluding carboxylic acids is 3. The van der Waals surface area contributed by atoms with Gasteiger partial charge in [0, 0.05) is 43.1 Å². The molecule has 11 heteroatoms. The molecule has 6 rings (SSSR count). The third-order valence-corrected chi connectivity index (χ3v) is 9.06. The van der Waals surface area contributed by atoms with E-state index in [0.29, 0.717) is 43.8 Å². The summed E-state index contributed by atoms with van der Waals surface area (Å²) in [5.41, 5.74) is 0.781. The molecule has 1 aliphatic carbocycles. The summed E-state index contributed by atoms with van der Waals surface area (Å²) >= 11 is 5.91. The summed E-state index contributed by atoms with van der Waals surface area (Å²) in [5, 5.41) is 2.98. The van der Waals surface area contributed by atoms with Gasteiger partial charge in [0.1, 0.15) is 16.9 Å². The molecule has 224 valence electrons. The van der Waals surface area contributed by atoms with E-state index in [9.17, 15) is 23.2 Å². The average molecular weight is 609 g/mol. The number of alkyl halides is 2. The Balaban J connectivity index is 1.09. The van der Waals surface area contributed by atoms with Gasteiger partial charge in [-0.3, -0.25) is 19.4 Å². The first-order valence-electron chi connectivity index (χ1n) is 14.3. The Hall–Kier alpha value is -4.05. The van der Waals surface area contributed by atoms with Crippen LogP contribution in [0.1, 0.15) is 64.1 Å². The third kappa shape index (κ3) is 5.33. The van der Waals surface area contributed by atoms with Crippen molar-refractivity contribution < 1.29 is 27.9 Å². The highest BCUT2D eigenvalue weighted by molar-refractivity contribution is 6.30. The highest BCUT2D eigenvalue weighted by Gasteiger charge is 2.59. The van der Waals surface area contributed by atoms with Crippen LogP contribution in [0.3, 0.4) is 0 Å². The lowest BCUT2D eigenvalue weighted by molar-refractivity contribution is -0.128. The molecular formula is C32H31ClF2N4O4. The van der Waals surface area contributed by atoms with Crippen LogP contribution in [0.25, 0.3) is 0 Å². The van der Waals surface area contributed by atoms with Crippen LogP contribution in [0.4, 0.5) is 14.5 Å². The molecule has 43 heavy (non-hydrogen) atoms. The number of halogens is 3. The van der Waals surface area contributed by atoms with Crippen LogP contribution in [0, 0.1) is 5.92 Å². The van der Waals surface area contributed by atoms with Crippen LogP contribution in [-0.2, 0) is 10.2 Å². The molecule has 2 aromatic carbocycles. The zero-order valence-electron chi connectivity index (χ0n) is 23.6. The first-order valence-corrected chi connectivity index (χ1v) is 14.7. The molecule has 2 fully saturated rings. The molecular weight excluding hydrogens is 578 g/mol. The zero-order chi connectivity index (χ0) is 30.3. The van der Waals surface area contributed by atoms with Gasteiger partial charge in [-0.05, 0) is 67.5 Å². The normalized spacial score (nSPS) is 20.6. The first kappa shape index (κ1) is 29.0. The van der Waals surface area contributed by atoms with Crippen molar-refractivity contribution in [3.63, 3.8) is 0 Å². The van der Waals surface area contributed by atoms with Crippen LogP contribution in [0.5, 0.6) is 5.75 Å². The Morgan fingerprint density at radius 2 is 1.84 bits per heavy atom. The van der Waals surface area contributed by atoms with Crippen molar-refractivity contribution in [1.29, 1.82) is 0 Å². The SMILES string of the molecule is COc1cccc(C(=O)N2CC3(C2)C(=O)N(C[C@H]2CC[C@H](NC(=O)c4cc(Cl)cnc4C(F)F)CC2)c2ccccc23)c1. The summed E-state index contributed by atoms with van der Waals surface area (Å²) < 4.78 is 32.0. The summed E-state index contributed by atoms with van der Waals surface area (Å²) in [5.74, 6) is 0.0645. The fourth-order valence-electron chi connectivity index (χ4n) is 6.59. The number of rotatable bonds is 7. The smallest absolute Gasteiger partial charge is 0.281 e. The van der Waals surface area contributed by atoms with E-state index in [4.69, 9.17) is 16.3 Å². The standard InChI is InChI=1S/C32H31ClF2N4O4/c1-43-23-6-4-5-20(13-23)30(41)38-17-32(18-38)25-7-2-3-8-26(25)39(31(32)42)16-19-9-11-22(12-10-19)37-29(40)24-14-21(33)15-36-27(24)28(34)35/h2-8,13-15,19,22,28H,9-12,16-18H2,1H3,(H,37,40)/t19-,22-. The number of nitrogens with one attached hydrogen (secondary N) is 1. The van der Waals surface area contributed by atoms with Gasteiger partial charge < -0.3 is 19.9 Å². The second-order valence-electron chi connectivity index (χ2n) is 11.5. The second kappa shape index (κ2) is 11.6. The lowest BCUT2D eigenvalue weighted by Gasteiger charge is -2.47. The predicted octanol–water partition coefficient (Wildman–Crippen LogP) is 5.41. The van der Waals surface area contributed by atoms with E-state index >= 15 is 0 Å². The molecule has 8 nitrogen and oxygen atoms in total. The molecule has 1 aromatic heterocycles. The second-order valence-corrected chi connectivity index (χ2v) is 11.9. The van der Waals surface area contributed by atoms with Gasteiger partial charge in [0.25, 0.3) is 18.2 Å². The van der Waals surface area contributed by atoms with Crippen LogP contribution in [-0.4, -0.2) is 60.4 Å². The summed E-state index contributed by atoms with van der Waals surface area (Å²) in [7, 11) is 1.55. The number of ether oxygens (including phenoxy) is 1. The number of anilines is 1. The number of pyridine rings is 1. The summed E-state index contributed by atoms with van der Waals surface area (Å²) in [4.78, 5) is 47.2. The lowest BCUT2D eigenvalue weighted by atomic mass is 9.74. The number of likely N-dealkylation sites (tertiary alicyclic amines) is 1. The summed E-state index contributed by atoms with van der Waals surface area (Å²) in [6.07, 6.45) is 1.06. The lowest BCUT2D eigenvalue weighted by Crippen LogP contribution is -2.65. The number of methoxy groups -OCH3 is 1. The Morgan fingerprint density at radius 3 is 2.56 bits per heavy atom. The van der Waals surface area contributed by atoms with Crippen molar-refractivity contribution in [3.8, 4) is 5.75 Å². The van der Waals surface area contributed by atoms with E-state index in [-0.39, 0.29) is 34.4 Å². The van der Waals surface area contributed by atoms with E-state index < -0.39 is 23.4 Å². The predicted molar refractivity (Wildman–Crippen MR) is 157 cm³/mol. The summed E-state index contributed by atoms with van der Waals surface area (Å²) in [6.45, 7) is 1.16. The van der Waals surface area contributed by atoms with Crippen LogP contribution in [0.15, 0.2) is 60.8 Å². The molecule has 3 aromatic rings. The molecule has 0 atom stereocenters. The van der Waals surface area contributed by atoms with E-state index in [2.05, 4.69) is 10.3 Å². The van der Waals surface area contributed by atoms with Gasteiger partial charge in [-0.15, -0.1) is 0 Å². The number of aromatic nitrogens is 1. The van der Waals surface area contributed by atoms with Crippen LogP contribution >= 0.6 is 11.6 Å². The van der Waals surface area contributed by atoms with Gasteiger partial charge in [0.15, 0.2) is 0 Å². The number of amides is 3. The molecule has 0 unspecified atom stereocenters. The van der Waals surface area contributed by atoms with E-state index in [1.807, 2.05) is 29.2 Å². The molecule has 3 amide bonds. The molecule has 2 aliphatic heterocycles. The Bertz CT molecular complexity index is 1570. The van der Waals surface area contributed by atoms with Gasteiger partial charge in [0.05, 0.1) is 17.7 Å². The fourth-order valence-corrected chi connectivity index (χ4v) is 6.75. The number of hydrogen-bond donors (Lipinski definition) is 1. The quantitative estimate of drug-likeness (QED) is 0.387. The number of hydrogen-bond acceptors (Lipinski definition) is 5. The highest BCUT2D eigenvalue weighted by atomic mass is 35.5. The number of fused-ring (bicyclic) bond motifs is 2. The number of carbonyl (C=O) groups is 3. The number of para-hydroxylation sites is 1. The molecule has 1 N–H and O–H groups in total. The minimum atomic E-state index is -2.89. The van der Waals surface area contributed by atoms with Gasteiger partial charge in [-0.2, -0.15) is 0 Å². The van der Waals surface area contributed by atoms with Crippen molar-refractivity contribution >= 4 is 35.0 Å². The van der Waals surface area contributed by atoms with E-state index in [1.54, 1.807) is 36.3 Å². The number of benzene rings is 2. The zero-order valence-corrected chi connectivity index (χ0v) is 24.3. The molecule has 1 spiro atoms.